The third-order valence-corrected chi connectivity index (χ3v) is 5.62. The molecule has 0 saturated carbocycles. The van der Waals surface area contributed by atoms with Crippen molar-refractivity contribution in [3.8, 4) is 11.5 Å². The average Bonchev–Trinajstić information content (AvgIpc) is 2.83. The van der Waals surface area contributed by atoms with E-state index in [9.17, 15) is 4.79 Å². The Kier molecular flexibility index (Phi) is 12.0. The number of morpholine rings is 1. The lowest BCUT2D eigenvalue weighted by atomic mass is 10.3. The van der Waals surface area contributed by atoms with Gasteiger partial charge in [-0.15, -0.1) is 24.0 Å². The normalized spacial score (nSPS) is 18.3. The summed E-state index contributed by atoms with van der Waals surface area (Å²) in [5.74, 6) is 2.71. The van der Waals surface area contributed by atoms with E-state index in [1.54, 1.807) is 7.11 Å². The second kappa shape index (κ2) is 14.5. The van der Waals surface area contributed by atoms with Gasteiger partial charge in [-0.25, -0.2) is 4.99 Å². The van der Waals surface area contributed by atoms with E-state index in [0.717, 1.165) is 50.2 Å². The van der Waals surface area contributed by atoms with Crippen molar-refractivity contribution < 1.29 is 19.0 Å². The van der Waals surface area contributed by atoms with Crippen LogP contribution in [0, 0.1) is 0 Å². The molecule has 0 radical (unpaired) electrons. The molecule has 1 unspecified atom stereocenters. The highest BCUT2D eigenvalue weighted by molar-refractivity contribution is 14.0. The van der Waals surface area contributed by atoms with E-state index in [2.05, 4.69) is 22.0 Å². The van der Waals surface area contributed by atoms with E-state index in [1.165, 1.54) is 0 Å². The first-order valence-corrected chi connectivity index (χ1v) is 11.5. The molecule has 1 atom stereocenters. The van der Waals surface area contributed by atoms with Gasteiger partial charge in [0, 0.05) is 45.8 Å². The van der Waals surface area contributed by atoms with Crippen molar-refractivity contribution >= 4 is 35.8 Å². The number of hydrogen-bond acceptors (Lipinski definition) is 6. The molecule has 2 heterocycles. The quantitative estimate of drug-likeness (QED) is 0.286. The van der Waals surface area contributed by atoms with Crippen molar-refractivity contribution in [3.05, 3.63) is 24.3 Å². The number of nitrogens with zero attached hydrogens (tertiary/aromatic N) is 4. The minimum Gasteiger partial charge on any atom is -0.497 e. The van der Waals surface area contributed by atoms with E-state index >= 15 is 0 Å². The number of amides is 1. The molecule has 2 aliphatic heterocycles. The molecule has 0 aliphatic carbocycles. The van der Waals surface area contributed by atoms with Crippen LogP contribution in [0.1, 0.15) is 13.8 Å². The van der Waals surface area contributed by atoms with Crippen LogP contribution in [0.25, 0.3) is 0 Å². The standard InChI is InChI=1S/C23H37N5O4.HI/c1-4-24-23(25-17-19(2)32-21-7-5-20(30-3)6-8-21)28-11-9-26(10-12-28)18-22(29)27-13-15-31-16-14-27;/h5-8,19H,4,9-18H2,1-3H3,(H,24,25);1H. The van der Waals surface area contributed by atoms with Crippen molar-refractivity contribution in [2.45, 2.75) is 20.0 Å². The number of benzene rings is 1. The summed E-state index contributed by atoms with van der Waals surface area (Å²) < 4.78 is 16.5. The summed E-state index contributed by atoms with van der Waals surface area (Å²) in [6, 6.07) is 7.58. The summed E-state index contributed by atoms with van der Waals surface area (Å²) in [4.78, 5) is 23.7. The Morgan fingerprint density at radius 1 is 1.06 bits per heavy atom. The van der Waals surface area contributed by atoms with Gasteiger partial charge >= 0.3 is 0 Å². The zero-order chi connectivity index (χ0) is 22.8. The number of piperazine rings is 1. The summed E-state index contributed by atoms with van der Waals surface area (Å²) in [7, 11) is 1.65. The SMILES string of the molecule is CCNC(=NCC(C)Oc1ccc(OC)cc1)N1CCN(CC(=O)N2CCOCC2)CC1.I. The maximum atomic E-state index is 12.5. The van der Waals surface area contributed by atoms with E-state index in [-0.39, 0.29) is 36.0 Å². The van der Waals surface area contributed by atoms with Crippen molar-refractivity contribution in [1.29, 1.82) is 0 Å². The minimum atomic E-state index is -0.0514. The maximum Gasteiger partial charge on any atom is 0.236 e. The first-order chi connectivity index (χ1) is 15.6. The third kappa shape index (κ3) is 8.82. The highest BCUT2D eigenvalue weighted by atomic mass is 127. The number of aliphatic imine (C=N–C) groups is 1. The highest BCUT2D eigenvalue weighted by Crippen LogP contribution is 2.18. The fourth-order valence-corrected chi connectivity index (χ4v) is 3.79. The summed E-state index contributed by atoms with van der Waals surface area (Å²) in [6.45, 7) is 12.0. The number of carbonyl (C=O) groups is 1. The van der Waals surface area contributed by atoms with Crippen LogP contribution in [0.5, 0.6) is 11.5 Å². The van der Waals surface area contributed by atoms with Crippen molar-refractivity contribution in [1.82, 2.24) is 20.0 Å². The molecule has 0 bridgehead atoms. The Morgan fingerprint density at radius 2 is 1.70 bits per heavy atom. The maximum absolute atomic E-state index is 12.5. The number of ether oxygens (including phenoxy) is 3. The van der Waals surface area contributed by atoms with Gasteiger partial charge in [-0.05, 0) is 38.1 Å². The summed E-state index contributed by atoms with van der Waals surface area (Å²) in [5, 5.41) is 3.39. The molecule has 1 N–H and O–H groups in total. The van der Waals surface area contributed by atoms with E-state index in [0.29, 0.717) is 39.4 Å². The lowest BCUT2D eigenvalue weighted by molar-refractivity contribution is -0.136. The smallest absolute Gasteiger partial charge is 0.236 e. The van der Waals surface area contributed by atoms with Crippen LogP contribution >= 0.6 is 24.0 Å². The van der Waals surface area contributed by atoms with Gasteiger partial charge in [0.1, 0.15) is 17.6 Å². The van der Waals surface area contributed by atoms with Gasteiger partial charge in [0.25, 0.3) is 0 Å². The van der Waals surface area contributed by atoms with E-state index in [4.69, 9.17) is 19.2 Å². The molecule has 2 aliphatic rings. The number of rotatable bonds is 8. The molecule has 10 heteroatoms. The summed E-state index contributed by atoms with van der Waals surface area (Å²) in [6.07, 6.45) is -0.0514. The predicted molar refractivity (Wildman–Crippen MR) is 140 cm³/mol. The molecular formula is C23H38IN5O4. The third-order valence-electron chi connectivity index (χ3n) is 5.62. The van der Waals surface area contributed by atoms with Crippen molar-refractivity contribution in [2.75, 3.05) is 79.2 Å². The second-order valence-corrected chi connectivity index (χ2v) is 8.05. The predicted octanol–water partition coefficient (Wildman–Crippen LogP) is 1.52. The number of methoxy groups -OCH3 is 1. The Balaban J connectivity index is 0.00000385. The van der Waals surface area contributed by atoms with Crippen LogP contribution in [0.4, 0.5) is 0 Å². The first kappa shape index (κ1) is 27.5. The van der Waals surface area contributed by atoms with Crippen LogP contribution < -0.4 is 14.8 Å². The molecule has 2 fully saturated rings. The first-order valence-electron chi connectivity index (χ1n) is 11.5. The Bertz CT molecular complexity index is 735. The lowest BCUT2D eigenvalue weighted by Gasteiger charge is -2.37. The van der Waals surface area contributed by atoms with Gasteiger partial charge in [0.05, 0.1) is 33.4 Å². The topological polar surface area (TPSA) is 78.9 Å². The zero-order valence-corrected chi connectivity index (χ0v) is 22.3. The molecule has 0 aromatic heterocycles. The number of guanidine groups is 1. The Morgan fingerprint density at radius 3 is 2.30 bits per heavy atom. The molecule has 9 nitrogen and oxygen atoms in total. The highest BCUT2D eigenvalue weighted by Gasteiger charge is 2.24. The number of carbonyl (C=O) groups excluding carboxylic acids is 1. The van der Waals surface area contributed by atoms with Crippen molar-refractivity contribution in [3.63, 3.8) is 0 Å². The van der Waals surface area contributed by atoms with Crippen LogP contribution in [0.2, 0.25) is 0 Å². The Labute approximate surface area is 214 Å². The summed E-state index contributed by atoms with van der Waals surface area (Å²) >= 11 is 0. The van der Waals surface area contributed by atoms with Gasteiger partial charge in [-0.2, -0.15) is 0 Å². The monoisotopic (exact) mass is 575 g/mol. The van der Waals surface area contributed by atoms with Crippen LogP contribution in [-0.2, 0) is 9.53 Å². The van der Waals surface area contributed by atoms with E-state index in [1.807, 2.05) is 36.1 Å². The molecule has 1 amide bonds. The van der Waals surface area contributed by atoms with Gasteiger partial charge < -0.3 is 29.3 Å². The zero-order valence-electron chi connectivity index (χ0n) is 20.0. The fraction of sp³-hybridized carbons (Fsp3) is 0.652. The number of halogens is 1. The molecule has 1 aromatic carbocycles. The largest absolute Gasteiger partial charge is 0.497 e. The average molecular weight is 575 g/mol. The number of nitrogens with one attached hydrogen (secondary N) is 1. The molecule has 3 rings (SSSR count). The van der Waals surface area contributed by atoms with Crippen LogP contribution in [0.15, 0.2) is 29.3 Å². The summed E-state index contributed by atoms with van der Waals surface area (Å²) in [5.41, 5.74) is 0. The van der Waals surface area contributed by atoms with Crippen LogP contribution in [0.3, 0.4) is 0 Å². The van der Waals surface area contributed by atoms with Gasteiger partial charge in [0.15, 0.2) is 5.96 Å². The molecule has 2 saturated heterocycles. The minimum absolute atomic E-state index is 0. The van der Waals surface area contributed by atoms with Crippen LogP contribution in [-0.4, -0.2) is 112 Å². The molecule has 1 aromatic rings. The van der Waals surface area contributed by atoms with Crippen molar-refractivity contribution in [2.24, 2.45) is 4.99 Å². The van der Waals surface area contributed by atoms with E-state index < -0.39 is 0 Å². The van der Waals surface area contributed by atoms with Gasteiger partial charge in [0.2, 0.25) is 5.91 Å². The molecule has 0 spiro atoms. The fourth-order valence-electron chi connectivity index (χ4n) is 3.79. The molecule has 33 heavy (non-hydrogen) atoms. The second-order valence-electron chi connectivity index (χ2n) is 8.05. The molecular weight excluding hydrogens is 537 g/mol. The van der Waals surface area contributed by atoms with Gasteiger partial charge in [-0.1, -0.05) is 0 Å². The number of hydrogen-bond donors (Lipinski definition) is 1. The lowest BCUT2D eigenvalue weighted by Crippen LogP contribution is -2.55. The Hall–Kier alpha value is -1.79. The van der Waals surface area contributed by atoms with Gasteiger partial charge in [-0.3, -0.25) is 9.69 Å². The molecule has 186 valence electrons.